The van der Waals surface area contributed by atoms with Gasteiger partial charge in [-0.25, -0.2) is 0 Å². The number of hydrogen-bond acceptors (Lipinski definition) is 3. The standard InChI is InChI=1S/C14H19NOS/c1-14(9-17-10-14)8-16-12-6-2-4-11-5-3-7-15-13(11)12/h2,4,6,15H,3,5,7-10H2,1H3. The smallest absolute Gasteiger partial charge is 0.142 e. The minimum atomic E-state index is 0.391. The molecule has 17 heavy (non-hydrogen) atoms. The Morgan fingerprint density at radius 2 is 2.29 bits per heavy atom. The van der Waals surface area contributed by atoms with Gasteiger partial charge >= 0.3 is 0 Å². The highest BCUT2D eigenvalue weighted by Crippen LogP contribution is 2.39. The van der Waals surface area contributed by atoms with Crippen LogP contribution in [0.2, 0.25) is 0 Å². The molecule has 2 aliphatic rings. The summed E-state index contributed by atoms with van der Waals surface area (Å²) in [6, 6.07) is 6.40. The van der Waals surface area contributed by atoms with Gasteiger partial charge in [0.05, 0.1) is 12.3 Å². The van der Waals surface area contributed by atoms with Gasteiger partial charge in [-0.15, -0.1) is 0 Å². The Kier molecular flexibility index (Phi) is 2.95. The fourth-order valence-electron chi connectivity index (χ4n) is 2.38. The zero-order chi connectivity index (χ0) is 11.7. The van der Waals surface area contributed by atoms with E-state index in [0.29, 0.717) is 5.41 Å². The van der Waals surface area contributed by atoms with E-state index in [1.54, 1.807) is 0 Å². The molecule has 0 spiro atoms. The lowest BCUT2D eigenvalue weighted by Gasteiger charge is -2.37. The highest BCUT2D eigenvalue weighted by atomic mass is 32.2. The Labute approximate surface area is 107 Å². The van der Waals surface area contributed by atoms with E-state index in [4.69, 9.17) is 4.74 Å². The SMILES string of the molecule is CC1(COc2cccc3c2NCCC3)CSC1. The third kappa shape index (κ3) is 2.25. The molecule has 92 valence electrons. The minimum absolute atomic E-state index is 0.391. The van der Waals surface area contributed by atoms with Crippen molar-refractivity contribution in [2.75, 3.05) is 30.0 Å². The summed E-state index contributed by atoms with van der Waals surface area (Å²) in [7, 11) is 0. The van der Waals surface area contributed by atoms with E-state index < -0.39 is 0 Å². The Bertz CT molecular complexity index is 415. The second-order valence-corrected chi connectivity index (χ2v) is 6.40. The molecule has 1 fully saturated rings. The van der Waals surface area contributed by atoms with Crippen LogP contribution in [0.4, 0.5) is 5.69 Å². The summed E-state index contributed by atoms with van der Waals surface area (Å²) in [6.07, 6.45) is 2.40. The minimum Gasteiger partial charge on any atom is -0.491 e. The van der Waals surface area contributed by atoms with Gasteiger partial charge in [0.2, 0.25) is 0 Å². The Hall–Kier alpha value is -0.830. The number of anilines is 1. The monoisotopic (exact) mass is 249 g/mol. The molecule has 2 nitrogen and oxygen atoms in total. The van der Waals surface area contributed by atoms with E-state index >= 15 is 0 Å². The van der Waals surface area contributed by atoms with E-state index in [1.165, 1.54) is 35.6 Å². The van der Waals surface area contributed by atoms with Crippen LogP contribution < -0.4 is 10.1 Å². The molecule has 3 heteroatoms. The number of rotatable bonds is 3. The third-order valence-electron chi connectivity index (χ3n) is 3.51. The normalized spacial score (nSPS) is 21.0. The fourth-order valence-corrected chi connectivity index (χ4v) is 3.45. The lowest BCUT2D eigenvalue weighted by molar-refractivity contribution is 0.197. The van der Waals surface area contributed by atoms with Gasteiger partial charge < -0.3 is 10.1 Å². The third-order valence-corrected chi connectivity index (χ3v) is 5.32. The van der Waals surface area contributed by atoms with Gasteiger partial charge in [0.1, 0.15) is 5.75 Å². The summed E-state index contributed by atoms with van der Waals surface area (Å²) in [5, 5.41) is 3.47. The van der Waals surface area contributed by atoms with Crippen LogP contribution in [-0.4, -0.2) is 24.7 Å². The number of para-hydroxylation sites is 1. The van der Waals surface area contributed by atoms with Crippen molar-refractivity contribution in [2.45, 2.75) is 19.8 Å². The van der Waals surface area contributed by atoms with Crippen LogP contribution in [0.3, 0.4) is 0 Å². The Morgan fingerprint density at radius 1 is 1.41 bits per heavy atom. The summed E-state index contributed by atoms with van der Waals surface area (Å²) in [5.41, 5.74) is 3.03. The molecule has 0 radical (unpaired) electrons. The highest BCUT2D eigenvalue weighted by Gasteiger charge is 2.33. The molecule has 0 saturated carbocycles. The molecule has 0 aromatic heterocycles. The van der Waals surface area contributed by atoms with Crippen molar-refractivity contribution in [3.63, 3.8) is 0 Å². The van der Waals surface area contributed by atoms with Crippen molar-refractivity contribution in [1.82, 2.24) is 0 Å². The molecule has 0 bridgehead atoms. The maximum absolute atomic E-state index is 6.04. The number of nitrogens with one attached hydrogen (secondary N) is 1. The van der Waals surface area contributed by atoms with E-state index in [0.717, 1.165) is 18.9 Å². The molecule has 0 unspecified atom stereocenters. The van der Waals surface area contributed by atoms with E-state index in [1.807, 2.05) is 11.8 Å². The van der Waals surface area contributed by atoms with Gasteiger partial charge in [-0.2, -0.15) is 11.8 Å². The van der Waals surface area contributed by atoms with Gasteiger partial charge in [-0.1, -0.05) is 19.1 Å². The molecule has 2 heterocycles. The summed E-state index contributed by atoms with van der Waals surface area (Å²) < 4.78 is 6.04. The molecular formula is C14H19NOS. The lowest BCUT2D eigenvalue weighted by Crippen LogP contribution is -2.38. The van der Waals surface area contributed by atoms with Crippen LogP contribution >= 0.6 is 11.8 Å². The van der Waals surface area contributed by atoms with Crippen molar-refractivity contribution in [3.05, 3.63) is 23.8 Å². The predicted octanol–water partition coefficient (Wildman–Crippen LogP) is 3.18. The molecule has 1 aromatic rings. The topological polar surface area (TPSA) is 21.3 Å². The number of aryl methyl sites for hydroxylation is 1. The van der Waals surface area contributed by atoms with Crippen molar-refractivity contribution in [2.24, 2.45) is 5.41 Å². The van der Waals surface area contributed by atoms with Crippen LogP contribution in [-0.2, 0) is 6.42 Å². The molecule has 1 saturated heterocycles. The van der Waals surface area contributed by atoms with Crippen molar-refractivity contribution < 1.29 is 4.74 Å². The first-order chi connectivity index (χ1) is 8.27. The predicted molar refractivity (Wildman–Crippen MR) is 74.2 cm³/mol. The number of ether oxygens (including phenoxy) is 1. The van der Waals surface area contributed by atoms with Crippen LogP contribution in [0.1, 0.15) is 18.9 Å². The summed E-state index contributed by atoms with van der Waals surface area (Å²) in [6.45, 7) is 4.23. The van der Waals surface area contributed by atoms with Crippen LogP contribution in [0, 0.1) is 5.41 Å². The molecule has 1 N–H and O–H groups in total. The van der Waals surface area contributed by atoms with Gasteiger partial charge in [0, 0.05) is 23.5 Å². The van der Waals surface area contributed by atoms with Gasteiger partial charge in [-0.05, 0) is 24.5 Å². The fraction of sp³-hybridized carbons (Fsp3) is 0.571. The second kappa shape index (κ2) is 4.45. The first kappa shape index (κ1) is 11.3. The maximum atomic E-state index is 6.04. The van der Waals surface area contributed by atoms with E-state index in [-0.39, 0.29) is 0 Å². The molecule has 0 aliphatic carbocycles. The Balaban J connectivity index is 1.74. The summed E-state index contributed by atoms with van der Waals surface area (Å²) in [5.74, 6) is 3.51. The largest absolute Gasteiger partial charge is 0.491 e. The van der Waals surface area contributed by atoms with Crippen LogP contribution in [0.25, 0.3) is 0 Å². The molecular weight excluding hydrogens is 230 g/mol. The van der Waals surface area contributed by atoms with Crippen molar-refractivity contribution >= 4 is 17.4 Å². The average molecular weight is 249 g/mol. The first-order valence-electron chi connectivity index (χ1n) is 6.33. The molecule has 3 rings (SSSR count). The average Bonchev–Trinajstić information content (AvgIpc) is 2.34. The van der Waals surface area contributed by atoms with Crippen molar-refractivity contribution in [1.29, 1.82) is 0 Å². The second-order valence-electron chi connectivity index (χ2n) is 5.41. The first-order valence-corrected chi connectivity index (χ1v) is 7.49. The molecule has 0 amide bonds. The zero-order valence-electron chi connectivity index (χ0n) is 10.3. The summed E-state index contributed by atoms with van der Waals surface area (Å²) in [4.78, 5) is 0. The molecule has 0 atom stereocenters. The lowest BCUT2D eigenvalue weighted by atomic mass is 9.96. The van der Waals surface area contributed by atoms with Gasteiger partial charge in [-0.3, -0.25) is 0 Å². The Morgan fingerprint density at radius 3 is 3.06 bits per heavy atom. The number of fused-ring (bicyclic) bond motifs is 1. The molecule has 1 aromatic carbocycles. The number of thioether (sulfide) groups is 1. The number of benzene rings is 1. The zero-order valence-corrected chi connectivity index (χ0v) is 11.1. The van der Waals surface area contributed by atoms with Crippen molar-refractivity contribution in [3.8, 4) is 5.75 Å². The quantitative estimate of drug-likeness (QED) is 0.889. The van der Waals surface area contributed by atoms with E-state index in [2.05, 4.69) is 30.4 Å². The van der Waals surface area contributed by atoms with Gasteiger partial charge in [0.15, 0.2) is 0 Å². The number of hydrogen-bond donors (Lipinski definition) is 1. The summed E-state index contributed by atoms with van der Waals surface area (Å²) >= 11 is 2.01. The maximum Gasteiger partial charge on any atom is 0.142 e. The van der Waals surface area contributed by atoms with Crippen LogP contribution in [0.5, 0.6) is 5.75 Å². The van der Waals surface area contributed by atoms with E-state index in [9.17, 15) is 0 Å². The molecule has 2 aliphatic heterocycles. The highest BCUT2D eigenvalue weighted by molar-refractivity contribution is 8.00. The van der Waals surface area contributed by atoms with Crippen LogP contribution in [0.15, 0.2) is 18.2 Å². The van der Waals surface area contributed by atoms with Gasteiger partial charge in [0.25, 0.3) is 0 Å².